The first-order valence-corrected chi connectivity index (χ1v) is 9.25. The molecule has 1 aromatic heterocycles. The molecule has 0 saturated heterocycles. The average molecular weight is 357 g/mol. The van der Waals surface area contributed by atoms with Gasteiger partial charge in [0, 0.05) is 0 Å². The number of anilines is 1. The Balaban J connectivity index is 1.68. The van der Waals surface area contributed by atoms with E-state index in [0.717, 1.165) is 29.0 Å². The molecule has 1 aliphatic rings. The first-order chi connectivity index (χ1) is 13.2. The summed E-state index contributed by atoms with van der Waals surface area (Å²) in [5, 5.41) is 3.57. The molecular formula is C23H20FN3. The zero-order valence-corrected chi connectivity index (χ0v) is 15.1. The summed E-state index contributed by atoms with van der Waals surface area (Å²) >= 11 is 0. The summed E-state index contributed by atoms with van der Waals surface area (Å²) < 4.78 is 15.7. The zero-order chi connectivity index (χ0) is 18.4. The molecule has 2 heterocycles. The van der Waals surface area contributed by atoms with Crippen molar-refractivity contribution in [2.75, 3.05) is 5.32 Å². The van der Waals surface area contributed by atoms with Crippen molar-refractivity contribution in [3.8, 4) is 0 Å². The van der Waals surface area contributed by atoms with E-state index < -0.39 is 0 Å². The maximum atomic E-state index is 13.4. The predicted octanol–water partition coefficient (Wildman–Crippen LogP) is 5.63. The molecule has 4 heteroatoms. The highest BCUT2D eigenvalue weighted by atomic mass is 19.1. The summed E-state index contributed by atoms with van der Waals surface area (Å²) in [4.78, 5) is 4.83. The molecule has 134 valence electrons. The van der Waals surface area contributed by atoms with Crippen LogP contribution in [0.4, 0.5) is 10.3 Å². The van der Waals surface area contributed by atoms with Gasteiger partial charge in [-0.3, -0.25) is 0 Å². The number of hydrogen-bond acceptors (Lipinski definition) is 2. The third-order valence-corrected chi connectivity index (χ3v) is 5.49. The summed E-state index contributed by atoms with van der Waals surface area (Å²) in [5.74, 6) is 0.655. The van der Waals surface area contributed by atoms with Crippen molar-refractivity contribution in [1.29, 1.82) is 0 Å². The van der Waals surface area contributed by atoms with Crippen LogP contribution in [0.15, 0.2) is 72.8 Å². The highest BCUT2D eigenvalue weighted by Crippen LogP contribution is 2.41. The highest BCUT2D eigenvalue weighted by Gasteiger charge is 2.31. The molecule has 2 atom stereocenters. The van der Waals surface area contributed by atoms with Crippen LogP contribution in [0, 0.1) is 12.7 Å². The number of hydrogen-bond donors (Lipinski definition) is 1. The van der Waals surface area contributed by atoms with Crippen LogP contribution in [0.3, 0.4) is 0 Å². The van der Waals surface area contributed by atoms with Crippen LogP contribution in [0.2, 0.25) is 0 Å². The van der Waals surface area contributed by atoms with Crippen molar-refractivity contribution in [3.05, 3.63) is 95.3 Å². The Hall–Kier alpha value is -3.14. The van der Waals surface area contributed by atoms with Gasteiger partial charge in [-0.25, -0.2) is 9.37 Å². The van der Waals surface area contributed by atoms with E-state index in [-0.39, 0.29) is 17.9 Å². The summed E-state index contributed by atoms with van der Waals surface area (Å²) in [5.41, 5.74) is 5.76. The SMILES string of the molecule is Cc1ccccc1[C@@H]1C[C@H](c2ccc(F)cc2)Nc2nc3ccccc3n21. The third-order valence-electron chi connectivity index (χ3n) is 5.49. The Bertz CT molecular complexity index is 1110. The Morgan fingerprint density at radius 1 is 0.963 bits per heavy atom. The lowest BCUT2D eigenvalue weighted by Crippen LogP contribution is -2.27. The topological polar surface area (TPSA) is 29.9 Å². The van der Waals surface area contributed by atoms with Gasteiger partial charge in [-0.15, -0.1) is 0 Å². The number of fused-ring (bicyclic) bond motifs is 3. The fourth-order valence-corrected chi connectivity index (χ4v) is 4.15. The lowest BCUT2D eigenvalue weighted by molar-refractivity contribution is 0.475. The van der Waals surface area contributed by atoms with Crippen LogP contribution >= 0.6 is 0 Å². The Labute approximate surface area is 157 Å². The minimum Gasteiger partial charge on any atom is -0.349 e. The normalized spacial score (nSPS) is 18.9. The number of para-hydroxylation sites is 2. The summed E-state index contributed by atoms with van der Waals surface area (Å²) in [7, 11) is 0. The molecule has 5 rings (SSSR count). The predicted molar refractivity (Wildman–Crippen MR) is 106 cm³/mol. The van der Waals surface area contributed by atoms with Crippen molar-refractivity contribution in [2.45, 2.75) is 25.4 Å². The lowest BCUT2D eigenvalue weighted by atomic mass is 9.91. The zero-order valence-electron chi connectivity index (χ0n) is 15.1. The number of aryl methyl sites for hydroxylation is 1. The second kappa shape index (κ2) is 6.23. The van der Waals surface area contributed by atoms with Gasteiger partial charge in [-0.05, 0) is 54.3 Å². The molecule has 1 aliphatic heterocycles. The quantitative estimate of drug-likeness (QED) is 0.504. The summed E-state index contributed by atoms with van der Waals surface area (Å²) in [6.07, 6.45) is 0.879. The second-order valence-corrected chi connectivity index (χ2v) is 7.15. The molecule has 0 spiro atoms. The number of imidazole rings is 1. The minimum absolute atomic E-state index is 0.0829. The van der Waals surface area contributed by atoms with Crippen LogP contribution in [0.25, 0.3) is 11.0 Å². The van der Waals surface area contributed by atoms with Crippen molar-refractivity contribution in [3.63, 3.8) is 0 Å². The molecule has 0 radical (unpaired) electrons. The molecular weight excluding hydrogens is 337 g/mol. The van der Waals surface area contributed by atoms with Gasteiger partial charge in [0.25, 0.3) is 0 Å². The number of aromatic nitrogens is 2. The van der Waals surface area contributed by atoms with E-state index in [2.05, 4.69) is 53.2 Å². The summed E-state index contributed by atoms with van der Waals surface area (Å²) in [6, 6.07) is 23.8. The van der Waals surface area contributed by atoms with Gasteiger partial charge in [0.1, 0.15) is 5.82 Å². The van der Waals surface area contributed by atoms with E-state index >= 15 is 0 Å². The van der Waals surface area contributed by atoms with E-state index in [0.29, 0.717) is 0 Å². The highest BCUT2D eigenvalue weighted by molar-refractivity contribution is 5.79. The number of halogens is 1. The van der Waals surface area contributed by atoms with Crippen LogP contribution < -0.4 is 5.32 Å². The third kappa shape index (κ3) is 2.69. The van der Waals surface area contributed by atoms with E-state index in [1.54, 1.807) is 0 Å². The van der Waals surface area contributed by atoms with Crippen LogP contribution in [0.5, 0.6) is 0 Å². The molecule has 3 nitrogen and oxygen atoms in total. The van der Waals surface area contributed by atoms with Crippen LogP contribution in [0.1, 0.15) is 35.2 Å². The van der Waals surface area contributed by atoms with Gasteiger partial charge in [0.05, 0.1) is 23.1 Å². The van der Waals surface area contributed by atoms with E-state index in [1.165, 1.54) is 23.3 Å². The summed E-state index contributed by atoms with van der Waals surface area (Å²) in [6.45, 7) is 2.16. The Morgan fingerprint density at radius 2 is 1.70 bits per heavy atom. The fraction of sp³-hybridized carbons (Fsp3) is 0.174. The van der Waals surface area contributed by atoms with Crippen molar-refractivity contribution in [1.82, 2.24) is 9.55 Å². The molecule has 3 aromatic carbocycles. The van der Waals surface area contributed by atoms with Crippen molar-refractivity contribution < 1.29 is 4.39 Å². The van der Waals surface area contributed by atoms with Gasteiger partial charge in [0.2, 0.25) is 5.95 Å². The van der Waals surface area contributed by atoms with Crippen LogP contribution in [-0.2, 0) is 0 Å². The first-order valence-electron chi connectivity index (χ1n) is 9.25. The van der Waals surface area contributed by atoms with Gasteiger partial charge < -0.3 is 9.88 Å². The molecule has 0 aliphatic carbocycles. The second-order valence-electron chi connectivity index (χ2n) is 7.15. The minimum atomic E-state index is -0.211. The Morgan fingerprint density at radius 3 is 2.52 bits per heavy atom. The van der Waals surface area contributed by atoms with Crippen molar-refractivity contribution in [2.24, 2.45) is 0 Å². The molecule has 0 fully saturated rings. The molecule has 1 N–H and O–H groups in total. The van der Waals surface area contributed by atoms with E-state index in [9.17, 15) is 4.39 Å². The number of nitrogens with one attached hydrogen (secondary N) is 1. The van der Waals surface area contributed by atoms with Gasteiger partial charge in [-0.2, -0.15) is 0 Å². The van der Waals surface area contributed by atoms with E-state index in [1.807, 2.05) is 24.3 Å². The van der Waals surface area contributed by atoms with Gasteiger partial charge >= 0.3 is 0 Å². The molecule has 0 bridgehead atoms. The smallest absolute Gasteiger partial charge is 0.204 e. The van der Waals surface area contributed by atoms with E-state index in [4.69, 9.17) is 4.98 Å². The number of nitrogens with zero attached hydrogens (tertiary/aromatic N) is 2. The Kier molecular flexibility index (Phi) is 3.71. The molecule has 0 amide bonds. The monoisotopic (exact) mass is 357 g/mol. The molecule has 27 heavy (non-hydrogen) atoms. The maximum Gasteiger partial charge on any atom is 0.204 e. The average Bonchev–Trinajstić information content (AvgIpc) is 3.07. The largest absolute Gasteiger partial charge is 0.349 e. The van der Waals surface area contributed by atoms with Crippen molar-refractivity contribution >= 4 is 17.0 Å². The molecule has 4 aromatic rings. The standard InChI is InChI=1S/C23H20FN3/c1-15-6-2-3-7-18(15)22-14-20(16-10-12-17(24)13-11-16)26-23-25-19-8-4-5-9-21(19)27(22)23/h2-13,20,22H,14H2,1H3,(H,25,26)/t20-,22+/m1/s1. The molecule has 0 unspecified atom stereocenters. The number of rotatable bonds is 2. The number of benzene rings is 3. The maximum absolute atomic E-state index is 13.4. The fourth-order valence-electron chi connectivity index (χ4n) is 4.15. The first kappa shape index (κ1) is 16.1. The van der Waals surface area contributed by atoms with Gasteiger partial charge in [-0.1, -0.05) is 48.5 Å². The molecule has 0 saturated carbocycles. The van der Waals surface area contributed by atoms with Gasteiger partial charge in [0.15, 0.2) is 0 Å². The van der Waals surface area contributed by atoms with Crippen LogP contribution in [-0.4, -0.2) is 9.55 Å². The lowest BCUT2D eigenvalue weighted by Gasteiger charge is -2.34.